The number of nitrogens with one attached hydrogen (secondary N) is 2. The average Bonchev–Trinajstić information content (AvgIpc) is 3.22. The summed E-state index contributed by atoms with van der Waals surface area (Å²) in [5.41, 5.74) is 1.33. The highest BCUT2D eigenvalue weighted by molar-refractivity contribution is 7.99. The molecule has 184 valence electrons. The SMILES string of the molecule is CCCCOc1ccc(C(=O)NCCn2ncc3c(NCCOC)nc(SC(C)C)nc32)cc1. The van der Waals surface area contributed by atoms with Crippen LogP contribution in [0.25, 0.3) is 11.0 Å². The van der Waals surface area contributed by atoms with Crippen molar-refractivity contribution in [1.82, 2.24) is 25.1 Å². The highest BCUT2D eigenvalue weighted by Crippen LogP contribution is 2.26. The van der Waals surface area contributed by atoms with Crippen LogP contribution in [0.15, 0.2) is 35.6 Å². The van der Waals surface area contributed by atoms with E-state index < -0.39 is 0 Å². The number of rotatable bonds is 14. The van der Waals surface area contributed by atoms with Crippen molar-refractivity contribution in [2.75, 3.05) is 38.7 Å². The molecule has 0 radical (unpaired) electrons. The summed E-state index contributed by atoms with van der Waals surface area (Å²) in [4.78, 5) is 21.9. The molecular weight excluding hydrogens is 452 g/mol. The number of amides is 1. The Hall–Kier alpha value is -2.85. The fourth-order valence-corrected chi connectivity index (χ4v) is 3.89. The van der Waals surface area contributed by atoms with Crippen LogP contribution in [-0.2, 0) is 11.3 Å². The summed E-state index contributed by atoms with van der Waals surface area (Å²) >= 11 is 1.60. The second-order valence-corrected chi connectivity index (χ2v) is 9.57. The van der Waals surface area contributed by atoms with Crippen molar-refractivity contribution in [3.63, 3.8) is 0 Å². The summed E-state index contributed by atoms with van der Waals surface area (Å²) in [7, 11) is 1.67. The molecule has 1 amide bonds. The van der Waals surface area contributed by atoms with Crippen LogP contribution in [0.2, 0.25) is 0 Å². The number of fused-ring (bicyclic) bond motifs is 1. The van der Waals surface area contributed by atoms with E-state index in [1.54, 1.807) is 41.9 Å². The fraction of sp³-hybridized carbons (Fsp3) is 0.500. The molecule has 0 atom stereocenters. The van der Waals surface area contributed by atoms with Crippen LogP contribution >= 0.6 is 11.8 Å². The molecule has 0 unspecified atom stereocenters. The summed E-state index contributed by atoms with van der Waals surface area (Å²) in [6, 6.07) is 7.21. The van der Waals surface area contributed by atoms with Gasteiger partial charge in [0.2, 0.25) is 0 Å². The first-order chi connectivity index (χ1) is 16.5. The van der Waals surface area contributed by atoms with Crippen LogP contribution in [0.1, 0.15) is 44.0 Å². The minimum atomic E-state index is -0.135. The van der Waals surface area contributed by atoms with Crippen LogP contribution in [-0.4, -0.2) is 64.3 Å². The molecular formula is C24H34N6O3S. The van der Waals surface area contributed by atoms with E-state index in [1.807, 2.05) is 12.1 Å². The first-order valence-corrected chi connectivity index (χ1v) is 12.5. The number of ether oxygens (including phenoxy) is 2. The zero-order valence-electron chi connectivity index (χ0n) is 20.3. The van der Waals surface area contributed by atoms with Gasteiger partial charge < -0.3 is 20.1 Å². The lowest BCUT2D eigenvalue weighted by Crippen LogP contribution is -2.27. The number of unbranched alkanes of at least 4 members (excludes halogenated alkanes) is 1. The van der Waals surface area contributed by atoms with Gasteiger partial charge in [-0.3, -0.25) is 4.79 Å². The van der Waals surface area contributed by atoms with E-state index in [4.69, 9.17) is 14.5 Å². The quantitative estimate of drug-likeness (QED) is 0.200. The van der Waals surface area contributed by atoms with Gasteiger partial charge in [0, 0.05) is 31.0 Å². The monoisotopic (exact) mass is 486 g/mol. The number of carbonyl (C=O) groups excluding carboxylic acids is 1. The van der Waals surface area contributed by atoms with E-state index in [9.17, 15) is 4.79 Å². The number of methoxy groups -OCH3 is 1. The lowest BCUT2D eigenvalue weighted by atomic mass is 10.2. The highest BCUT2D eigenvalue weighted by Gasteiger charge is 2.14. The van der Waals surface area contributed by atoms with Gasteiger partial charge in [0.25, 0.3) is 5.91 Å². The van der Waals surface area contributed by atoms with E-state index in [-0.39, 0.29) is 5.91 Å². The molecule has 0 bridgehead atoms. The normalized spacial score (nSPS) is 11.2. The maximum absolute atomic E-state index is 12.6. The number of nitrogens with zero attached hydrogens (tertiary/aromatic N) is 4. The van der Waals surface area contributed by atoms with Crippen LogP contribution < -0.4 is 15.4 Å². The number of thioether (sulfide) groups is 1. The van der Waals surface area contributed by atoms with Gasteiger partial charge in [-0.1, -0.05) is 39.0 Å². The minimum absolute atomic E-state index is 0.135. The zero-order valence-corrected chi connectivity index (χ0v) is 21.2. The summed E-state index contributed by atoms with van der Waals surface area (Å²) in [5, 5.41) is 12.6. The van der Waals surface area contributed by atoms with Crippen molar-refractivity contribution in [1.29, 1.82) is 0 Å². The third-order valence-electron chi connectivity index (χ3n) is 4.91. The Balaban J connectivity index is 1.64. The molecule has 3 rings (SSSR count). The van der Waals surface area contributed by atoms with Crippen molar-refractivity contribution in [2.45, 2.75) is 50.6 Å². The van der Waals surface area contributed by atoms with Gasteiger partial charge in [-0.2, -0.15) is 5.10 Å². The molecule has 0 saturated heterocycles. The molecule has 0 aliphatic heterocycles. The molecule has 2 heterocycles. The maximum Gasteiger partial charge on any atom is 0.251 e. The molecule has 0 saturated carbocycles. The molecule has 0 fully saturated rings. The number of anilines is 1. The molecule has 2 N–H and O–H groups in total. The first kappa shape index (κ1) is 25.8. The van der Waals surface area contributed by atoms with Crippen molar-refractivity contribution in [2.24, 2.45) is 0 Å². The van der Waals surface area contributed by atoms with E-state index in [0.29, 0.717) is 48.8 Å². The van der Waals surface area contributed by atoms with Crippen molar-refractivity contribution in [3.05, 3.63) is 36.0 Å². The summed E-state index contributed by atoms with van der Waals surface area (Å²) in [5.74, 6) is 1.38. The average molecular weight is 487 g/mol. The third-order valence-corrected chi connectivity index (χ3v) is 5.77. The summed E-state index contributed by atoms with van der Waals surface area (Å²) in [6.45, 7) is 9.14. The molecule has 1 aromatic carbocycles. The zero-order chi connectivity index (χ0) is 24.3. The Morgan fingerprint density at radius 1 is 1.15 bits per heavy atom. The van der Waals surface area contributed by atoms with Gasteiger partial charge in [0.05, 0.1) is 31.3 Å². The van der Waals surface area contributed by atoms with Crippen molar-refractivity contribution < 1.29 is 14.3 Å². The molecule has 0 spiro atoms. The van der Waals surface area contributed by atoms with E-state index in [2.05, 4.69) is 41.5 Å². The second kappa shape index (κ2) is 13.1. The Bertz CT molecular complexity index is 1050. The number of benzene rings is 1. The van der Waals surface area contributed by atoms with Gasteiger partial charge in [0.1, 0.15) is 11.6 Å². The molecule has 0 aliphatic rings. The second-order valence-electron chi connectivity index (χ2n) is 8.03. The third kappa shape index (κ3) is 7.33. The minimum Gasteiger partial charge on any atom is -0.494 e. The lowest BCUT2D eigenvalue weighted by Gasteiger charge is -2.11. The van der Waals surface area contributed by atoms with Gasteiger partial charge in [-0.05, 0) is 30.7 Å². The molecule has 3 aromatic rings. The molecule has 2 aromatic heterocycles. The Morgan fingerprint density at radius 3 is 2.65 bits per heavy atom. The van der Waals surface area contributed by atoms with Crippen LogP contribution in [0, 0.1) is 0 Å². The summed E-state index contributed by atoms with van der Waals surface area (Å²) in [6.07, 6.45) is 3.85. The molecule has 0 aliphatic carbocycles. The topological polar surface area (TPSA) is 103 Å². The first-order valence-electron chi connectivity index (χ1n) is 11.7. The summed E-state index contributed by atoms with van der Waals surface area (Å²) < 4.78 is 12.6. The van der Waals surface area contributed by atoms with Crippen LogP contribution in [0.3, 0.4) is 0 Å². The van der Waals surface area contributed by atoms with E-state index in [0.717, 1.165) is 35.4 Å². The number of hydrogen-bond acceptors (Lipinski definition) is 8. The number of aromatic nitrogens is 4. The van der Waals surface area contributed by atoms with Gasteiger partial charge >= 0.3 is 0 Å². The molecule has 9 nitrogen and oxygen atoms in total. The smallest absolute Gasteiger partial charge is 0.251 e. The van der Waals surface area contributed by atoms with E-state index in [1.165, 1.54) is 0 Å². The van der Waals surface area contributed by atoms with Crippen LogP contribution in [0.5, 0.6) is 5.75 Å². The van der Waals surface area contributed by atoms with Gasteiger partial charge in [-0.15, -0.1) is 0 Å². The van der Waals surface area contributed by atoms with Crippen molar-refractivity contribution >= 4 is 34.5 Å². The fourth-order valence-electron chi connectivity index (χ4n) is 3.18. The van der Waals surface area contributed by atoms with Gasteiger partial charge in [-0.25, -0.2) is 14.6 Å². The Morgan fingerprint density at radius 2 is 1.94 bits per heavy atom. The Kier molecular flexibility index (Phi) is 9.96. The largest absolute Gasteiger partial charge is 0.494 e. The Labute approximate surface area is 205 Å². The predicted molar refractivity (Wildman–Crippen MR) is 136 cm³/mol. The highest BCUT2D eigenvalue weighted by atomic mass is 32.2. The van der Waals surface area contributed by atoms with Crippen LogP contribution in [0.4, 0.5) is 5.82 Å². The van der Waals surface area contributed by atoms with E-state index >= 15 is 0 Å². The number of hydrogen-bond donors (Lipinski definition) is 2. The standard InChI is InChI=1S/C24H34N6O3S/c1-5-6-14-33-19-9-7-18(8-10-19)23(31)26-11-13-30-22-20(16-27-30)21(25-12-15-32-4)28-24(29-22)34-17(2)3/h7-10,16-17H,5-6,11-15H2,1-4H3,(H,26,31)(H,25,28,29). The maximum atomic E-state index is 12.6. The predicted octanol–water partition coefficient (Wildman–Crippen LogP) is 3.99. The molecule has 10 heteroatoms. The number of carbonyl (C=O) groups is 1. The van der Waals surface area contributed by atoms with Crippen molar-refractivity contribution in [3.8, 4) is 5.75 Å². The lowest BCUT2D eigenvalue weighted by molar-refractivity contribution is 0.0952. The molecule has 34 heavy (non-hydrogen) atoms. The van der Waals surface area contributed by atoms with Gasteiger partial charge in [0.15, 0.2) is 10.8 Å².